The molecule has 7 heteroatoms. The zero-order valence-electron chi connectivity index (χ0n) is 17.6. The summed E-state index contributed by atoms with van der Waals surface area (Å²) in [5.41, 5.74) is 3.07. The normalized spacial score (nSPS) is 11.2. The molecule has 2 heterocycles. The molecule has 0 spiro atoms. The van der Waals surface area contributed by atoms with Crippen molar-refractivity contribution in [3.05, 3.63) is 94.4 Å². The summed E-state index contributed by atoms with van der Waals surface area (Å²) >= 11 is 0. The standard InChI is InChI=1S/C25H20N4O3/c1-16-7-9-17(10-8-16)22(30)15-28-21-6-4-3-5-20(21)24-26-23(27-29(24)25(28)31)18-11-13-19(32-2)14-12-18/h3-14H,15H2,1-2H3. The Morgan fingerprint density at radius 2 is 1.69 bits per heavy atom. The number of carbonyl (C=O) groups is 1. The summed E-state index contributed by atoms with van der Waals surface area (Å²) in [6.45, 7) is 1.88. The molecule has 32 heavy (non-hydrogen) atoms. The van der Waals surface area contributed by atoms with Gasteiger partial charge in [-0.05, 0) is 43.3 Å². The minimum atomic E-state index is -0.411. The summed E-state index contributed by atoms with van der Waals surface area (Å²) in [5.74, 6) is 1.00. The molecule has 0 atom stereocenters. The molecule has 0 N–H and O–H groups in total. The van der Waals surface area contributed by atoms with E-state index in [1.807, 2.05) is 67.6 Å². The quantitative estimate of drug-likeness (QED) is 0.400. The Hall–Kier alpha value is -4.26. The Bertz CT molecular complexity index is 1510. The number of rotatable bonds is 5. The van der Waals surface area contributed by atoms with Crippen LogP contribution in [-0.2, 0) is 6.54 Å². The molecule has 0 bridgehead atoms. The first-order chi connectivity index (χ1) is 15.5. The van der Waals surface area contributed by atoms with Crippen molar-refractivity contribution in [1.82, 2.24) is 19.2 Å². The first kappa shape index (κ1) is 19.7. The highest BCUT2D eigenvalue weighted by Gasteiger charge is 2.18. The van der Waals surface area contributed by atoms with Crippen LogP contribution in [0.15, 0.2) is 77.6 Å². The highest BCUT2D eigenvalue weighted by atomic mass is 16.5. The van der Waals surface area contributed by atoms with Crippen molar-refractivity contribution < 1.29 is 9.53 Å². The first-order valence-corrected chi connectivity index (χ1v) is 10.2. The van der Waals surface area contributed by atoms with Crippen LogP contribution >= 0.6 is 0 Å². The molecule has 3 aromatic carbocycles. The lowest BCUT2D eigenvalue weighted by Gasteiger charge is -2.10. The Balaban J connectivity index is 1.66. The molecule has 0 fully saturated rings. The van der Waals surface area contributed by atoms with Crippen molar-refractivity contribution in [2.24, 2.45) is 0 Å². The largest absolute Gasteiger partial charge is 0.497 e. The summed E-state index contributed by atoms with van der Waals surface area (Å²) < 4.78 is 7.93. The van der Waals surface area contributed by atoms with Crippen LogP contribution in [0.1, 0.15) is 15.9 Å². The van der Waals surface area contributed by atoms with Crippen molar-refractivity contribution in [1.29, 1.82) is 0 Å². The molecule has 0 aliphatic rings. The number of nitrogens with zero attached hydrogens (tertiary/aromatic N) is 4. The Morgan fingerprint density at radius 3 is 2.41 bits per heavy atom. The monoisotopic (exact) mass is 424 g/mol. The number of methoxy groups -OCH3 is 1. The molecule has 0 radical (unpaired) electrons. The van der Waals surface area contributed by atoms with E-state index in [0.717, 1.165) is 22.3 Å². The van der Waals surface area contributed by atoms with Gasteiger partial charge in [0.25, 0.3) is 0 Å². The molecule has 158 valence electrons. The van der Waals surface area contributed by atoms with Crippen molar-refractivity contribution in [3.8, 4) is 17.1 Å². The molecule has 0 saturated heterocycles. The number of fused-ring (bicyclic) bond motifs is 3. The van der Waals surface area contributed by atoms with Crippen LogP contribution in [0.4, 0.5) is 0 Å². The number of aromatic nitrogens is 4. The maximum atomic E-state index is 13.4. The van der Waals surface area contributed by atoms with Gasteiger partial charge >= 0.3 is 5.69 Å². The van der Waals surface area contributed by atoms with Crippen molar-refractivity contribution in [3.63, 3.8) is 0 Å². The molecule has 5 rings (SSSR count). The second-order valence-electron chi connectivity index (χ2n) is 7.57. The van der Waals surface area contributed by atoms with Gasteiger partial charge in [0, 0.05) is 16.5 Å². The zero-order chi connectivity index (χ0) is 22.2. The van der Waals surface area contributed by atoms with Gasteiger partial charge in [0.1, 0.15) is 5.75 Å². The summed E-state index contributed by atoms with van der Waals surface area (Å²) in [6, 6.07) is 22.1. The fourth-order valence-electron chi connectivity index (χ4n) is 3.72. The fourth-order valence-corrected chi connectivity index (χ4v) is 3.72. The lowest BCUT2D eigenvalue weighted by molar-refractivity contribution is 0.0971. The third kappa shape index (κ3) is 3.33. The SMILES string of the molecule is COc1ccc(-c2nc3c4ccccc4n(CC(=O)c4ccc(C)cc4)c(=O)n3n2)cc1. The van der Waals surface area contributed by atoms with Gasteiger partial charge in [-0.1, -0.05) is 42.0 Å². The molecule has 0 saturated carbocycles. The summed E-state index contributed by atoms with van der Waals surface area (Å²) in [5, 5.41) is 5.21. The van der Waals surface area contributed by atoms with Crippen LogP contribution in [0, 0.1) is 6.92 Å². The van der Waals surface area contributed by atoms with Gasteiger partial charge < -0.3 is 4.74 Å². The number of carbonyl (C=O) groups excluding carboxylic acids is 1. The number of ketones is 1. The third-order valence-electron chi connectivity index (χ3n) is 5.48. The van der Waals surface area contributed by atoms with Crippen LogP contribution in [0.5, 0.6) is 5.75 Å². The Morgan fingerprint density at radius 1 is 0.969 bits per heavy atom. The predicted octanol–water partition coefficient (Wildman–Crippen LogP) is 3.91. The molecule has 0 unspecified atom stereocenters. The molecule has 2 aromatic heterocycles. The lowest BCUT2D eigenvalue weighted by atomic mass is 10.1. The van der Waals surface area contributed by atoms with Crippen LogP contribution < -0.4 is 10.4 Å². The minimum absolute atomic E-state index is 0.0872. The van der Waals surface area contributed by atoms with Crippen LogP contribution in [-0.4, -0.2) is 32.1 Å². The lowest BCUT2D eigenvalue weighted by Crippen LogP contribution is -2.30. The molecule has 5 aromatic rings. The average Bonchev–Trinajstić information content (AvgIpc) is 3.28. The van der Waals surface area contributed by atoms with Gasteiger partial charge in [-0.3, -0.25) is 9.36 Å². The summed E-state index contributed by atoms with van der Waals surface area (Å²) in [6.07, 6.45) is 0. The number of hydrogen-bond acceptors (Lipinski definition) is 5. The topological polar surface area (TPSA) is 78.5 Å². The molecular weight excluding hydrogens is 404 g/mol. The van der Waals surface area contributed by atoms with Crippen LogP contribution in [0.3, 0.4) is 0 Å². The van der Waals surface area contributed by atoms with Crippen molar-refractivity contribution >= 4 is 22.3 Å². The molecule has 0 amide bonds. The van der Waals surface area contributed by atoms with Gasteiger partial charge in [0.15, 0.2) is 17.3 Å². The van der Waals surface area contributed by atoms with Crippen LogP contribution in [0.25, 0.3) is 27.9 Å². The van der Waals surface area contributed by atoms with Crippen LogP contribution in [0.2, 0.25) is 0 Å². The number of para-hydroxylation sites is 1. The number of hydrogen-bond donors (Lipinski definition) is 0. The number of Topliss-reactive ketones (excluding diaryl/α,β-unsaturated/α-hetero) is 1. The first-order valence-electron chi connectivity index (χ1n) is 10.2. The average molecular weight is 424 g/mol. The Kier molecular flexibility index (Phi) is 4.78. The van der Waals surface area contributed by atoms with E-state index in [1.54, 1.807) is 19.2 Å². The number of benzene rings is 3. The Labute approximate surface area is 183 Å². The van der Waals surface area contributed by atoms with Gasteiger partial charge in [-0.25, -0.2) is 9.78 Å². The van der Waals surface area contributed by atoms with Gasteiger partial charge in [-0.2, -0.15) is 4.52 Å². The van der Waals surface area contributed by atoms with E-state index in [0.29, 0.717) is 22.6 Å². The smallest absolute Gasteiger partial charge is 0.351 e. The maximum absolute atomic E-state index is 13.4. The molecule has 7 nitrogen and oxygen atoms in total. The summed E-state index contributed by atoms with van der Waals surface area (Å²) in [4.78, 5) is 30.9. The van der Waals surface area contributed by atoms with Gasteiger partial charge in [0.05, 0.1) is 19.2 Å². The van der Waals surface area contributed by atoms with Gasteiger partial charge in [0.2, 0.25) is 0 Å². The fraction of sp³-hybridized carbons (Fsp3) is 0.120. The van der Waals surface area contributed by atoms with E-state index >= 15 is 0 Å². The maximum Gasteiger partial charge on any atom is 0.351 e. The number of ether oxygens (including phenoxy) is 1. The minimum Gasteiger partial charge on any atom is -0.497 e. The molecular formula is C25H20N4O3. The molecule has 0 aliphatic heterocycles. The van der Waals surface area contributed by atoms with Crippen molar-refractivity contribution in [2.45, 2.75) is 13.5 Å². The second-order valence-corrected chi connectivity index (χ2v) is 7.57. The van der Waals surface area contributed by atoms with E-state index in [9.17, 15) is 9.59 Å². The van der Waals surface area contributed by atoms with E-state index in [4.69, 9.17) is 4.74 Å². The highest BCUT2D eigenvalue weighted by Crippen LogP contribution is 2.23. The second kappa shape index (κ2) is 7.77. The third-order valence-corrected chi connectivity index (χ3v) is 5.48. The van der Waals surface area contributed by atoms with E-state index in [-0.39, 0.29) is 12.3 Å². The van der Waals surface area contributed by atoms with Gasteiger partial charge in [-0.15, -0.1) is 5.10 Å². The van der Waals surface area contributed by atoms with E-state index < -0.39 is 5.69 Å². The molecule has 0 aliphatic carbocycles. The predicted molar refractivity (Wildman–Crippen MR) is 122 cm³/mol. The summed E-state index contributed by atoms with van der Waals surface area (Å²) in [7, 11) is 1.60. The zero-order valence-corrected chi connectivity index (χ0v) is 17.6. The highest BCUT2D eigenvalue weighted by molar-refractivity contribution is 5.98. The van der Waals surface area contributed by atoms with E-state index in [2.05, 4.69) is 10.1 Å². The number of aryl methyl sites for hydroxylation is 1. The van der Waals surface area contributed by atoms with Crippen molar-refractivity contribution in [2.75, 3.05) is 7.11 Å². The van der Waals surface area contributed by atoms with E-state index in [1.165, 1.54) is 9.08 Å².